The Morgan fingerprint density at radius 3 is 0.889 bits per heavy atom. The topological polar surface area (TPSA) is 105 Å². The summed E-state index contributed by atoms with van der Waals surface area (Å²) < 4.78 is 0. The van der Waals surface area contributed by atoms with Gasteiger partial charge in [0.05, 0.1) is 0 Å². The molecule has 5 rings (SSSR count). The molecule has 0 radical (unpaired) electrons. The van der Waals surface area contributed by atoms with Crippen molar-refractivity contribution in [2.75, 3.05) is 32.7 Å². The van der Waals surface area contributed by atoms with E-state index in [1.54, 1.807) is 0 Å². The summed E-state index contributed by atoms with van der Waals surface area (Å²) in [6.07, 6.45) is 0. The molecule has 0 amide bonds. The number of anilines is 10. The van der Waals surface area contributed by atoms with Gasteiger partial charge in [-0.15, -0.1) is 0 Å². The van der Waals surface area contributed by atoms with Crippen molar-refractivity contribution in [1.29, 1.82) is 0 Å². The second kappa shape index (κ2) is 10.0. The van der Waals surface area contributed by atoms with Gasteiger partial charge in [-0.25, -0.2) is 0 Å². The summed E-state index contributed by atoms with van der Waals surface area (Å²) >= 11 is 0. The first-order chi connectivity index (χ1) is 17.5. The first kappa shape index (κ1) is 22.7. The Balaban J connectivity index is 1.33. The minimum absolute atomic E-state index is 0.727. The fourth-order valence-electron chi connectivity index (χ4n) is 3.92. The second-order valence-corrected chi connectivity index (χ2v) is 8.51. The maximum Gasteiger partial charge on any atom is 0.0463 e. The molecular formula is C30H28N6. The Morgan fingerprint density at radius 1 is 0.333 bits per heavy atom. The van der Waals surface area contributed by atoms with Gasteiger partial charge in [0, 0.05) is 56.9 Å². The lowest BCUT2D eigenvalue weighted by atomic mass is 10.1. The van der Waals surface area contributed by atoms with E-state index in [4.69, 9.17) is 17.2 Å². The molecule has 8 N–H and O–H groups in total. The molecule has 0 aliphatic rings. The van der Waals surface area contributed by atoms with E-state index in [9.17, 15) is 0 Å². The predicted molar refractivity (Wildman–Crippen MR) is 154 cm³/mol. The first-order valence-corrected chi connectivity index (χ1v) is 11.6. The number of nitrogens with one attached hydrogen (secondary N) is 2. The average molecular weight is 473 g/mol. The van der Waals surface area contributed by atoms with E-state index >= 15 is 0 Å². The Morgan fingerprint density at radius 2 is 0.556 bits per heavy atom. The summed E-state index contributed by atoms with van der Waals surface area (Å²) in [6.45, 7) is 0. The predicted octanol–water partition coefficient (Wildman–Crippen LogP) is 7.39. The number of rotatable bonds is 7. The van der Waals surface area contributed by atoms with Crippen molar-refractivity contribution in [3.63, 3.8) is 0 Å². The molecule has 0 spiro atoms. The van der Waals surface area contributed by atoms with E-state index < -0.39 is 0 Å². The SMILES string of the molecule is Nc1ccc(Nc2ccc(Nc3ccc(N(c4ccc(N)cc4)c4ccc(N)cc4)cc3)cc2)cc1. The van der Waals surface area contributed by atoms with E-state index in [1.165, 1.54) is 0 Å². The lowest BCUT2D eigenvalue weighted by Crippen LogP contribution is -2.10. The molecule has 0 atom stereocenters. The monoisotopic (exact) mass is 472 g/mol. The number of nitrogen functional groups attached to an aromatic ring is 3. The quantitative estimate of drug-likeness (QED) is 0.158. The summed E-state index contributed by atoms with van der Waals surface area (Å²) in [6, 6.07) is 39.8. The molecular weight excluding hydrogens is 444 g/mol. The van der Waals surface area contributed by atoms with Crippen molar-refractivity contribution in [3.8, 4) is 0 Å². The van der Waals surface area contributed by atoms with Crippen molar-refractivity contribution in [2.45, 2.75) is 0 Å². The molecule has 36 heavy (non-hydrogen) atoms. The maximum atomic E-state index is 5.92. The van der Waals surface area contributed by atoms with Gasteiger partial charge < -0.3 is 32.7 Å². The van der Waals surface area contributed by atoms with Gasteiger partial charge in [-0.05, 0) is 121 Å². The minimum Gasteiger partial charge on any atom is -0.399 e. The van der Waals surface area contributed by atoms with E-state index in [-0.39, 0.29) is 0 Å². The molecule has 5 aromatic rings. The van der Waals surface area contributed by atoms with Crippen molar-refractivity contribution in [3.05, 3.63) is 121 Å². The molecule has 6 nitrogen and oxygen atoms in total. The highest BCUT2D eigenvalue weighted by Gasteiger charge is 2.12. The summed E-state index contributed by atoms with van der Waals surface area (Å²) in [5, 5.41) is 6.84. The summed E-state index contributed by atoms with van der Waals surface area (Å²) in [4.78, 5) is 2.17. The Hall–Kier alpha value is -5.10. The van der Waals surface area contributed by atoms with Crippen molar-refractivity contribution >= 4 is 56.9 Å². The normalized spacial score (nSPS) is 10.6. The molecule has 0 bridgehead atoms. The van der Waals surface area contributed by atoms with Gasteiger partial charge in [-0.2, -0.15) is 0 Å². The Labute approximate surface area is 211 Å². The average Bonchev–Trinajstić information content (AvgIpc) is 2.90. The molecule has 0 fully saturated rings. The lowest BCUT2D eigenvalue weighted by Gasteiger charge is -2.26. The standard InChI is InChI=1S/C30H28N6/c31-21-1-7-24(8-2-21)34-25-9-11-26(12-10-25)35-27-13-19-30(20-14-27)36(28-15-3-22(32)4-16-28)29-17-5-23(33)6-18-29/h1-20,34-35H,31-33H2. The highest BCUT2D eigenvalue weighted by molar-refractivity contribution is 5.79. The van der Waals surface area contributed by atoms with Crippen LogP contribution in [0.25, 0.3) is 0 Å². The fraction of sp³-hybridized carbons (Fsp3) is 0. The van der Waals surface area contributed by atoms with Crippen LogP contribution in [-0.4, -0.2) is 0 Å². The van der Waals surface area contributed by atoms with Gasteiger partial charge in [0.2, 0.25) is 0 Å². The zero-order valence-corrected chi connectivity index (χ0v) is 19.7. The maximum absolute atomic E-state index is 5.92. The lowest BCUT2D eigenvalue weighted by molar-refractivity contribution is 1.28. The van der Waals surface area contributed by atoms with Crippen LogP contribution in [0.5, 0.6) is 0 Å². The third kappa shape index (κ3) is 5.34. The van der Waals surface area contributed by atoms with Crippen LogP contribution in [0.1, 0.15) is 0 Å². The number of nitrogens with zero attached hydrogens (tertiary/aromatic N) is 1. The third-order valence-corrected chi connectivity index (χ3v) is 5.80. The molecule has 0 saturated carbocycles. The zero-order chi connectivity index (χ0) is 24.9. The van der Waals surface area contributed by atoms with Crippen molar-refractivity contribution < 1.29 is 0 Å². The third-order valence-electron chi connectivity index (χ3n) is 5.80. The molecule has 0 aliphatic heterocycles. The summed E-state index contributed by atoms with van der Waals surface area (Å²) in [5.74, 6) is 0. The number of nitrogens with two attached hydrogens (primary N) is 3. The molecule has 0 heterocycles. The van der Waals surface area contributed by atoms with E-state index in [2.05, 4.69) is 39.8 Å². The van der Waals surface area contributed by atoms with Crippen LogP contribution < -0.4 is 32.7 Å². The molecule has 0 unspecified atom stereocenters. The molecule has 0 saturated heterocycles. The van der Waals surface area contributed by atoms with Crippen LogP contribution in [0.15, 0.2) is 121 Å². The van der Waals surface area contributed by atoms with E-state index in [0.29, 0.717) is 0 Å². The minimum atomic E-state index is 0.727. The number of hydrogen-bond acceptors (Lipinski definition) is 6. The van der Waals surface area contributed by atoms with Gasteiger partial charge in [-0.3, -0.25) is 0 Å². The molecule has 178 valence electrons. The zero-order valence-electron chi connectivity index (χ0n) is 19.7. The van der Waals surface area contributed by atoms with Crippen molar-refractivity contribution in [1.82, 2.24) is 0 Å². The number of hydrogen-bond donors (Lipinski definition) is 5. The summed E-state index contributed by atoms with van der Waals surface area (Å²) in [5.41, 5.74) is 26.8. The van der Waals surface area contributed by atoms with Crippen LogP contribution in [0, 0.1) is 0 Å². The van der Waals surface area contributed by atoms with Gasteiger partial charge in [-0.1, -0.05) is 0 Å². The second-order valence-electron chi connectivity index (χ2n) is 8.51. The van der Waals surface area contributed by atoms with E-state index in [0.717, 1.165) is 56.9 Å². The number of benzene rings is 5. The largest absolute Gasteiger partial charge is 0.399 e. The highest BCUT2D eigenvalue weighted by Crippen LogP contribution is 2.36. The molecule has 6 heteroatoms. The summed E-state index contributed by atoms with van der Waals surface area (Å²) in [7, 11) is 0. The van der Waals surface area contributed by atoms with Crippen LogP contribution in [-0.2, 0) is 0 Å². The first-order valence-electron chi connectivity index (χ1n) is 11.6. The van der Waals surface area contributed by atoms with Gasteiger partial charge in [0.1, 0.15) is 0 Å². The fourth-order valence-corrected chi connectivity index (χ4v) is 3.92. The Kier molecular flexibility index (Phi) is 6.32. The smallest absolute Gasteiger partial charge is 0.0463 e. The van der Waals surface area contributed by atoms with Crippen molar-refractivity contribution in [2.24, 2.45) is 0 Å². The molecule has 0 aromatic heterocycles. The van der Waals surface area contributed by atoms with Gasteiger partial charge in [0.15, 0.2) is 0 Å². The van der Waals surface area contributed by atoms with Crippen LogP contribution >= 0.6 is 0 Å². The van der Waals surface area contributed by atoms with Crippen LogP contribution in [0.2, 0.25) is 0 Å². The molecule has 5 aromatic carbocycles. The van der Waals surface area contributed by atoms with Crippen LogP contribution in [0.3, 0.4) is 0 Å². The highest BCUT2D eigenvalue weighted by atomic mass is 15.1. The van der Waals surface area contributed by atoms with Gasteiger partial charge >= 0.3 is 0 Å². The van der Waals surface area contributed by atoms with E-state index in [1.807, 2.05) is 97.1 Å². The Bertz CT molecular complexity index is 1360. The van der Waals surface area contributed by atoms with Gasteiger partial charge in [0.25, 0.3) is 0 Å². The van der Waals surface area contributed by atoms with Crippen LogP contribution in [0.4, 0.5) is 56.9 Å². The molecule has 0 aliphatic carbocycles.